The highest BCUT2D eigenvalue weighted by Crippen LogP contribution is 2.21. The first kappa shape index (κ1) is 21.0. The Hall–Kier alpha value is -3.67. The van der Waals surface area contributed by atoms with Crippen LogP contribution in [0.2, 0.25) is 0 Å². The maximum absolute atomic E-state index is 12.4. The van der Waals surface area contributed by atoms with E-state index in [0.29, 0.717) is 22.4 Å². The van der Waals surface area contributed by atoms with Crippen LogP contribution >= 0.6 is 11.8 Å². The summed E-state index contributed by atoms with van der Waals surface area (Å²) in [6.07, 6.45) is 1.48. The Morgan fingerprint density at radius 1 is 1.03 bits per heavy atom. The Morgan fingerprint density at radius 2 is 1.67 bits per heavy atom. The van der Waals surface area contributed by atoms with Crippen LogP contribution < -0.4 is 10.6 Å². The minimum atomic E-state index is -0.746. The van der Waals surface area contributed by atoms with Crippen molar-refractivity contribution in [1.82, 2.24) is 15.3 Å². The van der Waals surface area contributed by atoms with E-state index in [0.717, 1.165) is 11.8 Å². The number of hydrogen-bond donors (Lipinski definition) is 2. The van der Waals surface area contributed by atoms with Crippen molar-refractivity contribution in [3.05, 3.63) is 47.5 Å². The molecule has 2 amide bonds. The fourth-order valence-electron chi connectivity index (χ4n) is 2.21. The van der Waals surface area contributed by atoms with Crippen molar-refractivity contribution in [2.75, 3.05) is 23.0 Å². The molecule has 3 heterocycles. The Balaban J connectivity index is 1.52. The number of carbonyl (C=O) groups is 3. The van der Waals surface area contributed by atoms with Gasteiger partial charge in [0.05, 0.1) is 11.3 Å². The lowest BCUT2D eigenvalue weighted by molar-refractivity contribution is -0.119. The maximum atomic E-state index is 12.4. The second kappa shape index (κ2) is 9.69. The molecule has 0 aromatic carbocycles. The predicted octanol–water partition coefficient (Wildman–Crippen LogP) is 2.20. The van der Waals surface area contributed by atoms with Crippen LogP contribution in [0, 0.1) is 13.8 Å². The van der Waals surface area contributed by atoms with E-state index in [2.05, 4.69) is 25.9 Å². The largest absolute Gasteiger partial charge is 0.452 e. The molecule has 156 valence electrons. The molecule has 3 aromatic rings. The number of esters is 1. The van der Waals surface area contributed by atoms with E-state index in [1.165, 1.54) is 18.3 Å². The molecule has 0 saturated carbocycles. The summed E-state index contributed by atoms with van der Waals surface area (Å²) in [6.45, 7) is 2.86. The fourth-order valence-corrected chi connectivity index (χ4v) is 2.99. The molecule has 3 aromatic heterocycles. The van der Waals surface area contributed by atoms with Crippen molar-refractivity contribution < 1.29 is 28.2 Å². The molecule has 0 atom stereocenters. The number of anilines is 2. The van der Waals surface area contributed by atoms with Gasteiger partial charge in [0.15, 0.2) is 18.2 Å². The van der Waals surface area contributed by atoms with Gasteiger partial charge in [0.2, 0.25) is 5.91 Å². The predicted molar refractivity (Wildman–Crippen MR) is 105 cm³/mol. The van der Waals surface area contributed by atoms with E-state index >= 15 is 0 Å². The topological polar surface area (TPSA) is 149 Å². The molecule has 0 fully saturated rings. The van der Waals surface area contributed by atoms with E-state index in [9.17, 15) is 14.4 Å². The van der Waals surface area contributed by atoms with Gasteiger partial charge >= 0.3 is 5.97 Å². The lowest BCUT2D eigenvalue weighted by atomic mass is 10.3. The maximum Gasteiger partial charge on any atom is 0.341 e. The number of nitrogens with one attached hydrogen (secondary N) is 2. The van der Waals surface area contributed by atoms with Crippen molar-refractivity contribution in [1.29, 1.82) is 0 Å². The third kappa shape index (κ3) is 5.91. The summed E-state index contributed by atoms with van der Waals surface area (Å²) in [4.78, 5) is 40.4. The van der Waals surface area contributed by atoms with Crippen molar-refractivity contribution in [3.63, 3.8) is 0 Å². The third-order valence-electron chi connectivity index (χ3n) is 3.46. The Bertz CT molecular complexity index is 1060. The van der Waals surface area contributed by atoms with Gasteiger partial charge in [-0.25, -0.2) is 9.78 Å². The molecule has 0 aliphatic rings. The molecule has 0 bridgehead atoms. The summed E-state index contributed by atoms with van der Waals surface area (Å²) in [6, 6.07) is 6.16. The number of aryl methyl sites for hydroxylation is 2. The van der Waals surface area contributed by atoms with Gasteiger partial charge in [0.1, 0.15) is 16.5 Å². The number of thioether (sulfide) groups is 1. The van der Waals surface area contributed by atoms with Crippen LogP contribution in [-0.2, 0) is 14.3 Å². The second-order valence-corrected chi connectivity index (χ2v) is 6.93. The average Bonchev–Trinajstić information content (AvgIpc) is 3.32. The molecular formula is C18H17N5O6S. The SMILES string of the molecule is Cc1cc(NC(=O)COC(=O)c2cccnc2SCC(=O)Nc2cc(C)on2)no1. The van der Waals surface area contributed by atoms with Gasteiger partial charge in [-0.15, -0.1) is 0 Å². The highest BCUT2D eigenvalue weighted by atomic mass is 32.2. The first-order chi connectivity index (χ1) is 14.4. The summed E-state index contributed by atoms with van der Waals surface area (Å²) in [7, 11) is 0. The van der Waals surface area contributed by atoms with Crippen LogP contribution in [0.15, 0.2) is 44.5 Å². The zero-order valence-electron chi connectivity index (χ0n) is 16.0. The normalized spacial score (nSPS) is 10.5. The molecule has 0 radical (unpaired) electrons. The molecule has 12 heteroatoms. The Labute approximate surface area is 174 Å². The highest BCUT2D eigenvalue weighted by molar-refractivity contribution is 8.00. The number of carbonyl (C=O) groups excluding carboxylic acids is 3. The lowest BCUT2D eigenvalue weighted by Crippen LogP contribution is -2.21. The molecule has 30 heavy (non-hydrogen) atoms. The van der Waals surface area contributed by atoms with Crippen LogP contribution in [0.1, 0.15) is 21.9 Å². The van der Waals surface area contributed by atoms with Gasteiger partial charge in [-0.05, 0) is 26.0 Å². The van der Waals surface area contributed by atoms with E-state index < -0.39 is 18.5 Å². The summed E-state index contributed by atoms with van der Waals surface area (Å²) >= 11 is 1.04. The van der Waals surface area contributed by atoms with Crippen molar-refractivity contribution in [2.24, 2.45) is 0 Å². The molecule has 0 saturated heterocycles. The van der Waals surface area contributed by atoms with Crippen LogP contribution in [-0.4, -0.2) is 45.4 Å². The van der Waals surface area contributed by atoms with Gasteiger partial charge in [-0.3, -0.25) is 9.59 Å². The van der Waals surface area contributed by atoms with Crippen molar-refractivity contribution >= 4 is 41.2 Å². The zero-order chi connectivity index (χ0) is 21.5. The standard InChI is InChI=1S/C18H17N5O6S/c1-10-6-13(22-28-10)20-15(24)8-27-18(26)12-4-3-5-19-17(12)30-9-16(25)21-14-7-11(2)29-23-14/h3-7H,8-9H2,1-2H3,(H,20,22,24)(H,21,23,25). The molecule has 0 spiro atoms. The molecule has 2 N–H and O–H groups in total. The van der Waals surface area contributed by atoms with Crippen LogP contribution in [0.5, 0.6) is 0 Å². The fraction of sp³-hybridized carbons (Fsp3) is 0.222. The molecule has 3 rings (SSSR count). The number of pyridine rings is 1. The minimum absolute atomic E-state index is 0.0187. The lowest BCUT2D eigenvalue weighted by Gasteiger charge is -2.08. The molecule has 0 aliphatic heterocycles. The van der Waals surface area contributed by atoms with Gasteiger partial charge in [0, 0.05) is 18.3 Å². The van der Waals surface area contributed by atoms with Gasteiger partial charge in [0.25, 0.3) is 5.91 Å². The van der Waals surface area contributed by atoms with Crippen molar-refractivity contribution in [2.45, 2.75) is 18.9 Å². The number of ether oxygens (including phenoxy) is 1. The third-order valence-corrected chi connectivity index (χ3v) is 4.46. The summed E-state index contributed by atoms with van der Waals surface area (Å²) in [5.41, 5.74) is 0.137. The number of amides is 2. The Kier molecular flexibility index (Phi) is 6.80. The van der Waals surface area contributed by atoms with Crippen LogP contribution in [0.25, 0.3) is 0 Å². The summed E-state index contributed by atoms with van der Waals surface area (Å²) in [5.74, 6) is -0.0684. The molecule has 11 nitrogen and oxygen atoms in total. The monoisotopic (exact) mass is 431 g/mol. The van der Waals surface area contributed by atoms with Crippen LogP contribution in [0.3, 0.4) is 0 Å². The molecular weight excluding hydrogens is 414 g/mol. The highest BCUT2D eigenvalue weighted by Gasteiger charge is 2.17. The van der Waals surface area contributed by atoms with Gasteiger partial charge in [-0.1, -0.05) is 22.1 Å². The van der Waals surface area contributed by atoms with Crippen molar-refractivity contribution in [3.8, 4) is 0 Å². The van der Waals surface area contributed by atoms with Crippen LogP contribution in [0.4, 0.5) is 11.6 Å². The zero-order valence-corrected chi connectivity index (χ0v) is 16.8. The van der Waals surface area contributed by atoms with E-state index in [4.69, 9.17) is 13.8 Å². The number of hydrogen-bond acceptors (Lipinski definition) is 10. The van der Waals surface area contributed by atoms with Gasteiger partial charge < -0.3 is 24.4 Å². The molecule has 0 unspecified atom stereocenters. The smallest absolute Gasteiger partial charge is 0.341 e. The van der Waals surface area contributed by atoms with E-state index in [-0.39, 0.29) is 23.0 Å². The quantitative estimate of drug-likeness (QED) is 0.401. The molecule has 0 aliphatic carbocycles. The minimum Gasteiger partial charge on any atom is -0.452 e. The van der Waals surface area contributed by atoms with E-state index in [1.54, 1.807) is 26.0 Å². The van der Waals surface area contributed by atoms with E-state index in [1.807, 2.05) is 0 Å². The summed E-state index contributed by atoms with van der Waals surface area (Å²) < 4.78 is 14.7. The first-order valence-corrected chi connectivity index (χ1v) is 9.60. The second-order valence-electron chi connectivity index (χ2n) is 5.96. The first-order valence-electron chi connectivity index (χ1n) is 8.62. The Morgan fingerprint density at radius 3 is 2.27 bits per heavy atom. The summed E-state index contributed by atoms with van der Waals surface area (Å²) in [5, 5.41) is 12.6. The van der Waals surface area contributed by atoms with Gasteiger partial charge in [-0.2, -0.15) is 0 Å². The average molecular weight is 431 g/mol. The number of nitrogens with zero attached hydrogens (tertiary/aromatic N) is 3. The number of aromatic nitrogens is 3. The number of rotatable bonds is 8.